The third kappa shape index (κ3) is 6.39. The molecule has 0 aliphatic heterocycles. The first-order valence-corrected chi connectivity index (χ1v) is 10.5. The third-order valence-electron chi connectivity index (χ3n) is 3.90. The molecule has 0 unspecified atom stereocenters. The minimum absolute atomic E-state index is 0.0745. The van der Waals surface area contributed by atoms with E-state index in [0.29, 0.717) is 6.61 Å². The molecule has 30 heavy (non-hydrogen) atoms. The summed E-state index contributed by atoms with van der Waals surface area (Å²) in [6.45, 7) is 2.19. The average Bonchev–Trinajstić information content (AvgIpc) is 2.73. The van der Waals surface area contributed by atoms with Crippen molar-refractivity contribution in [3.63, 3.8) is 0 Å². The number of amides is 2. The molecule has 2 aromatic carbocycles. The lowest BCUT2D eigenvalue weighted by molar-refractivity contribution is -0.120. The van der Waals surface area contributed by atoms with Gasteiger partial charge in [-0.3, -0.25) is 9.59 Å². The molecule has 0 aromatic heterocycles. The molecule has 0 saturated heterocycles. The number of ether oxygens (including phenoxy) is 1. The molecule has 2 amide bonds. The molecule has 0 aliphatic rings. The van der Waals surface area contributed by atoms with Crippen LogP contribution >= 0.6 is 0 Å². The Hall–Kier alpha value is -3.24. The summed E-state index contributed by atoms with van der Waals surface area (Å²) >= 11 is 0. The standard InChI is InChI=1S/C20H24N4O5S/c1-4-29-17-9-5-15(6-10-17)13-22-23-19(25)14-21-20(26)16-7-11-18(12-8-16)30(27,28)24(2)3/h5-13H,4,14H2,1-3H3,(H,21,26)(H,23,25)/b22-13+. The van der Waals surface area contributed by atoms with Crippen LogP contribution in [0.5, 0.6) is 5.75 Å². The number of carbonyl (C=O) groups is 2. The van der Waals surface area contributed by atoms with Crippen LogP contribution in [0.4, 0.5) is 0 Å². The number of sulfonamides is 1. The Balaban J connectivity index is 1.83. The fourth-order valence-electron chi connectivity index (χ4n) is 2.29. The number of benzene rings is 2. The molecule has 2 aromatic rings. The SMILES string of the molecule is CCOc1ccc(/C=N/NC(=O)CNC(=O)c2ccc(S(=O)(=O)N(C)C)cc2)cc1. The number of carbonyl (C=O) groups excluding carboxylic acids is 2. The van der Waals surface area contributed by atoms with Gasteiger partial charge in [-0.1, -0.05) is 0 Å². The second kappa shape index (κ2) is 10.5. The molecule has 10 heteroatoms. The monoisotopic (exact) mass is 432 g/mol. The summed E-state index contributed by atoms with van der Waals surface area (Å²) in [6.07, 6.45) is 1.47. The van der Waals surface area contributed by atoms with Crippen molar-refractivity contribution in [2.45, 2.75) is 11.8 Å². The van der Waals surface area contributed by atoms with Crippen LogP contribution in [-0.2, 0) is 14.8 Å². The smallest absolute Gasteiger partial charge is 0.259 e. The Morgan fingerprint density at radius 3 is 2.27 bits per heavy atom. The van der Waals surface area contributed by atoms with Crippen LogP contribution in [0.15, 0.2) is 58.5 Å². The van der Waals surface area contributed by atoms with Crippen molar-refractivity contribution in [3.05, 3.63) is 59.7 Å². The topological polar surface area (TPSA) is 117 Å². The molecule has 0 saturated carbocycles. The Morgan fingerprint density at radius 1 is 1.07 bits per heavy atom. The van der Waals surface area contributed by atoms with Gasteiger partial charge in [0.25, 0.3) is 11.8 Å². The van der Waals surface area contributed by atoms with E-state index in [1.54, 1.807) is 24.3 Å². The van der Waals surface area contributed by atoms with E-state index < -0.39 is 21.8 Å². The molecular weight excluding hydrogens is 408 g/mol. The van der Waals surface area contributed by atoms with Gasteiger partial charge in [0.1, 0.15) is 5.75 Å². The zero-order chi connectivity index (χ0) is 22.1. The van der Waals surface area contributed by atoms with Crippen LogP contribution in [0.1, 0.15) is 22.8 Å². The molecule has 9 nitrogen and oxygen atoms in total. The second-order valence-electron chi connectivity index (χ2n) is 6.29. The van der Waals surface area contributed by atoms with E-state index in [1.165, 1.54) is 44.6 Å². The highest BCUT2D eigenvalue weighted by Gasteiger charge is 2.17. The predicted octanol–water partition coefficient (Wildman–Crippen LogP) is 1.22. The van der Waals surface area contributed by atoms with E-state index in [-0.39, 0.29) is 17.0 Å². The molecule has 160 valence electrons. The van der Waals surface area contributed by atoms with Crippen molar-refractivity contribution in [3.8, 4) is 5.75 Å². The Morgan fingerprint density at radius 2 is 1.70 bits per heavy atom. The number of nitrogens with zero attached hydrogens (tertiary/aromatic N) is 2. The summed E-state index contributed by atoms with van der Waals surface area (Å²) in [5, 5.41) is 6.28. The molecule has 0 bridgehead atoms. The van der Waals surface area contributed by atoms with Crippen LogP contribution in [0.3, 0.4) is 0 Å². The second-order valence-corrected chi connectivity index (χ2v) is 8.44. The average molecular weight is 433 g/mol. The Bertz CT molecular complexity index is 1000. The first-order valence-electron chi connectivity index (χ1n) is 9.09. The van der Waals surface area contributed by atoms with Crippen molar-refractivity contribution in [2.75, 3.05) is 27.2 Å². The summed E-state index contributed by atoms with van der Waals surface area (Å²) < 4.78 is 30.5. The maximum Gasteiger partial charge on any atom is 0.259 e. The number of hydrogen-bond donors (Lipinski definition) is 2. The Labute approximate surface area is 175 Å². The first kappa shape index (κ1) is 23.0. The zero-order valence-corrected chi connectivity index (χ0v) is 17.8. The van der Waals surface area contributed by atoms with E-state index in [2.05, 4.69) is 15.8 Å². The largest absolute Gasteiger partial charge is 0.494 e. The summed E-state index contributed by atoms with van der Waals surface area (Å²) in [6, 6.07) is 12.6. The van der Waals surface area contributed by atoms with Gasteiger partial charge in [0.2, 0.25) is 10.0 Å². The molecule has 2 N–H and O–H groups in total. The lowest BCUT2D eigenvalue weighted by Gasteiger charge is -2.11. The highest BCUT2D eigenvalue weighted by Crippen LogP contribution is 2.14. The first-order chi connectivity index (χ1) is 14.2. The van der Waals surface area contributed by atoms with E-state index in [4.69, 9.17) is 4.74 Å². The summed E-state index contributed by atoms with van der Waals surface area (Å²) in [7, 11) is -0.722. The molecule has 0 atom stereocenters. The van der Waals surface area contributed by atoms with Gasteiger partial charge in [-0.25, -0.2) is 18.1 Å². The minimum Gasteiger partial charge on any atom is -0.494 e. The molecule has 0 radical (unpaired) electrons. The fourth-order valence-corrected chi connectivity index (χ4v) is 3.19. The molecule has 2 rings (SSSR count). The van der Waals surface area contributed by atoms with Crippen LogP contribution < -0.4 is 15.5 Å². The highest BCUT2D eigenvalue weighted by molar-refractivity contribution is 7.89. The van der Waals surface area contributed by atoms with E-state index in [1.807, 2.05) is 6.92 Å². The van der Waals surface area contributed by atoms with Gasteiger partial charge in [0.15, 0.2) is 0 Å². The van der Waals surface area contributed by atoms with Crippen LogP contribution in [0.25, 0.3) is 0 Å². The van der Waals surface area contributed by atoms with Gasteiger partial charge in [0, 0.05) is 19.7 Å². The van der Waals surface area contributed by atoms with E-state index in [0.717, 1.165) is 15.6 Å². The predicted molar refractivity (Wildman–Crippen MR) is 113 cm³/mol. The van der Waals surface area contributed by atoms with Crippen molar-refractivity contribution < 1.29 is 22.7 Å². The molecule has 0 fully saturated rings. The van der Waals surface area contributed by atoms with Gasteiger partial charge < -0.3 is 10.1 Å². The molecule has 0 heterocycles. The number of hydrazone groups is 1. The quantitative estimate of drug-likeness (QED) is 0.456. The van der Waals surface area contributed by atoms with Gasteiger partial charge >= 0.3 is 0 Å². The van der Waals surface area contributed by atoms with Crippen LogP contribution in [0, 0.1) is 0 Å². The zero-order valence-electron chi connectivity index (χ0n) is 17.0. The van der Waals surface area contributed by atoms with Gasteiger partial charge in [-0.2, -0.15) is 5.10 Å². The number of rotatable bonds is 9. The molecule has 0 spiro atoms. The van der Waals surface area contributed by atoms with Gasteiger partial charge in [-0.15, -0.1) is 0 Å². The fraction of sp³-hybridized carbons (Fsp3) is 0.250. The lowest BCUT2D eigenvalue weighted by atomic mass is 10.2. The van der Waals surface area contributed by atoms with Crippen molar-refractivity contribution in [1.82, 2.24) is 15.0 Å². The normalized spacial score (nSPS) is 11.5. The van der Waals surface area contributed by atoms with Crippen molar-refractivity contribution in [1.29, 1.82) is 0 Å². The molecular formula is C20H24N4O5S. The maximum atomic E-state index is 12.1. The van der Waals surface area contributed by atoms with E-state index >= 15 is 0 Å². The summed E-state index contributed by atoms with van der Waals surface area (Å²) in [5.41, 5.74) is 3.33. The third-order valence-corrected chi connectivity index (χ3v) is 5.73. The maximum absolute atomic E-state index is 12.1. The number of nitrogens with one attached hydrogen (secondary N) is 2. The Kier molecular flexibility index (Phi) is 8.07. The van der Waals surface area contributed by atoms with Crippen molar-refractivity contribution in [2.24, 2.45) is 5.10 Å². The number of hydrogen-bond acceptors (Lipinski definition) is 6. The van der Waals surface area contributed by atoms with E-state index in [9.17, 15) is 18.0 Å². The summed E-state index contributed by atoms with van der Waals surface area (Å²) in [4.78, 5) is 24.0. The lowest BCUT2D eigenvalue weighted by Crippen LogP contribution is -2.34. The van der Waals surface area contributed by atoms with Gasteiger partial charge in [-0.05, 0) is 61.0 Å². The minimum atomic E-state index is -3.57. The van der Waals surface area contributed by atoms with Gasteiger partial charge in [0.05, 0.1) is 24.3 Å². The highest BCUT2D eigenvalue weighted by atomic mass is 32.2. The molecule has 0 aliphatic carbocycles. The van der Waals surface area contributed by atoms with Crippen LogP contribution in [-0.4, -0.2) is 58.0 Å². The summed E-state index contributed by atoms with van der Waals surface area (Å²) in [5.74, 6) is -0.263. The van der Waals surface area contributed by atoms with Crippen molar-refractivity contribution >= 4 is 28.1 Å². The van der Waals surface area contributed by atoms with Crippen LogP contribution in [0.2, 0.25) is 0 Å².